The lowest BCUT2D eigenvalue weighted by molar-refractivity contribution is -0.137. The second kappa shape index (κ2) is 6.55. The van der Waals surface area contributed by atoms with E-state index in [2.05, 4.69) is 32.0 Å². The van der Waals surface area contributed by atoms with E-state index in [-0.39, 0.29) is 0 Å². The summed E-state index contributed by atoms with van der Waals surface area (Å²) in [6.07, 6.45) is 0.751. The van der Waals surface area contributed by atoms with E-state index >= 15 is 0 Å². The minimum absolute atomic E-state index is 0.363. The summed E-state index contributed by atoms with van der Waals surface area (Å²) < 4.78 is 29.5. The number of hydrogen-bond acceptors (Lipinski definition) is 4. The average Bonchev–Trinajstić information content (AvgIpc) is 2.03. The number of halogens is 1. The maximum atomic E-state index is 11.1. The number of methoxy groups -OCH3 is 1. The van der Waals surface area contributed by atoms with Crippen molar-refractivity contribution >= 4 is 38.6 Å². The van der Waals surface area contributed by atoms with Crippen molar-refractivity contribution in [3.8, 4) is 0 Å². The standard InChI is InChI=1S/C6H12INO4S/c1-12-6(9)5-13(10,11)8-4-2-3-7/h8H,2-5H2,1H3. The first-order valence-corrected chi connectivity index (χ1v) is 6.79. The Bertz CT molecular complexity index is 251. The second-order valence-corrected chi connectivity index (χ2v) is 5.16. The minimum atomic E-state index is -3.49. The molecule has 0 aliphatic heterocycles. The molecule has 13 heavy (non-hydrogen) atoms. The first-order chi connectivity index (χ1) is 6.02. The molecule has 0 aromatic carbocycles. The molecule has 0 atom stereocenters. The Morgan fingerprint density at radius 3 is 2.62 bits per heavy atom. The number of sulfonamides is 1. The molecule has 0 saturated heterocycles. The van der Waals surface area contributed by atoms with Gasteiger partial charge in [0.2, 0.25) is 10.0 Å². The summed E-state index contributed by atoms with van der Waals surface area (Å²) in [5, 5.41) is 0. The third-order valence-corrected chi connectivity index (χ3v) is 3.19. The highest BCUT2D eigenvalue weighted by molar-refractivity contribution is 14.1. The smallest absolute Gasteiger partial charge is 0.322 e. The van der Waals surface area contributed by atoms with Crippen molar-refractivity contribution in [1.82, 2.24) is 4.72 Å². The largest absolute Gasteiger partial charge is 0.468 e. The fourth-order valence-corrected chi connectivity index (χ4v) is 1.93. The number of alkyl halides is 1. The summed E-state index contributed by atoms with van der Waals surface area (Å²) in [4.78, 5) is 10.6. The Labute approximate surface area is 91.4 Å². The molecule has 0 aliphatic carbocycles. The lowest BCUT2D eigenvalue weighted by Crippen LogP contribution is -2.31. The van der Waals surface area contributed by atoms with Gasteiger partial charge in [0, 0.05) is 11.0 Å². The maximum absolute atomic E-state index is 11.1. The number of nitrogens with one attached hydrogen (secondary N) is 1. The number of esters is 1. The molecule has 78 valence electrons. The van der Waals surface area contributed by atoms with E-state index < -0.39 is 21.7 Å². The van der Waals surface area contributed by atoms with Gasteiger partial charge in [-0.05, 0) is 6.42 Å². The molecule has 0 aliphatic rings. The van der Waals surface area contributed by atoms with Gasteiger partial charge < -0.3 is 4.74 Å². The topological polar surface area (TPSA) is 72.5 Å². The van der Waals surface area contributed by atoms with E-state index in [1.54, 1.807) is 0 Å². The molecule has 0 heterocycles. The number of carbonyl (C=O) groups excluding carboxylic acids is 1. The second-order valence-electron chi connectivity index (χ2n) is 2.27. The highest BCUT2D eigenvalue weighted by Gasteiger charge is 2.15. The van der Waals surface area contributed by atoms with Crippen LogP contribution in [0.25, 0.3) is 0 Å². The molecule has 0 aromatic rings. The predicted octanol–water partition coefficient (Wildman–Crippen LogP) is -0.0961. The van der Waals surface area contributed by atoms with Crippen LogP contribution in [0.1, 0.15) is 6.42 Å². The SMILES string of the molecule is COC(=O)CS(=O)(=O)NCCCI. The van der Waals surface area contributed by atoms with E-state index in [9.17, 15) is 13.2 Å². The lowest BCUT2D eigenvalue weighted by Gasteiger charge is -2.03. The summed E-state index contributed by atoms with van der Waals surface area (Å²) in [6, 6.07) is 0. The maximum Gasteiger partial charge on any atom is 0.322 e. The number of rotatable bonds is 6. The normalized spacial score (nSPS) is 11.2. The summed E-state index contributed by atoms with van der Waals surface area (Å²) in [5.74, 6) is -1.35. The molecule has 0 radical (unpaired) electrons. The van der Waals surface area contributed by atoms with E-state index in [4.69, 9.17) is 0 Å². The highest BCUT2D eigenvalue weighted by Crippen LogP contribution is 1.90. The fourth-order valence-electron chi connectivity index (χ4n) is 0.560. The van der Waals surface area contributed by atoms with Crippen molar-refractivity contribution in [2.75, 3.05) is 23.8 Å². The molecule has 5 nitrogen and oxygen atoms in total. The summed E-state index contributed by atoms with van der Waals surface area (Å²) >= 11 is 2.15. The first kappa shape index (κ1) is 13.1. The first-order valence-electron chi connectivity index (χ1n) is 3.62. The van der Waals surface area contributed by atoms with Gasteiger partial charge in [-0.2, -0.15) is 0 Å². The van der Waals surface area contributed by atoms with Crippen LogP contribution in [0.3, 0.4) is 0 Å². The van der Waals surface area contributed by atoms with Crippen molar-refractivity contribution in [1.29, 1.82) is 0 Å². The van der Waals surface area contributed by atoms with Gasteiger partial charge in [0.15, 0.2) is 5.75 Å². The lowest BCUT2D eigenvalue weighted by atomic mass is 10.5. The molecule has 0 spiro atoms. The van der Waals surface area contributed by atoms with Crippen LogP contribution in [-0.2, 0) is 19.6 Å². The monoisotopic (exact) mass is 321 g/mol. The van der Waals surface area contributed by atoms with Gasteiger partial charge in [-0.15, -0.1) is 0 Å². The van der Waals surface area contributed by atoms with Crippen LogP contribution >= 0.6 is 22.6 Å². The average molecular weight is 321 g/mol. The summed E-state index contributed by atoms with van der Waals surface area (Å²) in [6.45, 7) is 0.363. The molecule has 0 rings (SSSR count). The molecule has 0 fully saturated rings. The van der Waals surface area contributed by atoms with Gasteiger partial charge in [-0.1, -0.05) is 22.6 Å². The van der Waals surface area contributed by atoms with Gasteiger partial charge in [-0.25, -0.2) is 13.1 Å². The van der Waals surface area contributed by atoms with Crippen LogP contribution in [0.15, 0.2) is 0 Å². The van der Waals surface area contributed by atoms with Gasteiger partial charge in [-0.3, -0.25) is 4.79 Å². The quantitative estimate of drug-likeness (QED) is 0.321. The zero-order chi connectivity index (χ0) is 10.3. The van der Waals surface area contributed by atoms with E-state index in [0.717, 1.165) is 18.0 Å². The van der Waals surface area contributed by atoms with E-state index in [0.29, 0.717) is 6.54 Å². The number of hydrogen-bond donors (Lipinski definition) is 1. The molecule has 0 unspecified atom stereocenters. The zero-order valence-electron chi connectivity index (χ0n) is 7.25. The van der Waals surface area contributed by atoms with Crippen molar-refractivity contribution in [3.05, 3.63) is 0 Å². The van der Waals surface area contributed by atoms with Crippen LogP contribution in [0.2, 0.25) is 0 Å². The van der Waals surface area contributed by atoms with Crippen molar-refractivity contribution in [2.45, 2.75) is 6.42 Å². The van der Waals surface area contributed by atoms with Gasteiger partial charge in [0.1, 0.15) is 0 Å². The molecule has 0 aromatic heterocycles. The van der Waals surface area contributed by atoms with Crippen LogP contribution in [-0.4, -0.2) is 38.2 Å². The third kappa shape index (κ3) is 7.20. The Morgan fingerprint density at radius 1 is 1.54 bits per heavy atom. The number of ether oxygens (including phenoxy) is 1. The molecule has 0 bridgehead atoms. The van der Waals surface area contributed by atoms with Gasteiger partial charge in [0.25, 0.3) is 0 Å². The van der Waals surface area contributed by atoms with Gasteiger partial charge in [0.05, 0.1) is 7.11 Å². The Morgan fingerprint density at radius 2 is 2.15 bits per heavy atom. The van der Waals surface area contributed by atoms with Crippen LogP contribution in [0.5, 0.6) is 0 Å². The van der Waals surface area contributed by atoms with Crippen molar-refractivity contribution in [3.63, 3.8) is 0 Å². The van der Waals surface area contributed by atoms with Gasteiger partial charge >= 0.3 is 5.97 Å². The molecular formula is C6H12INO4S. The van der Waals surface area contributed by atoms with Crippen molar-refractivity contribution in [2.24, 2.45) is 0 Å². The Kier molecular flexibility index (Phi) is 6.60. The Hall–Kier alpha value is 0.110. The fraction of sp³-hybridized carbons (Fsp3) is 0.833. The molecule has 1 N–H and O–H groups in total. The summed E-state index contributed by atoms with van der Waals surface area (Å²) in [5.41, 5.74) is 0. The molecule has 0 amide bonds. The minimum Gasteiger partial charge on any atom is -0.468 e. The van der Waals surface area contributed by atoms with Crippen LogP contribution in [0.4, 0.5) is 0 Å². The van der Waals surface area contributed by atoms with Crippen molar-refractivity contribution < 1.29 is 17.9 Å². The van der Waals surface area contributed by atoms with E-state index in [1.807, 2.05) is 0 Å². The van der Waals surface area contributed by atoms with E-state index in [1.165, 1.54) is 0 Å². The predicted molar refractivity (Wildman–Crippen MR) is 57.3 cm³/mol. The number of carbonyl (C=O) groups is 1. The highest BCUT2D eigenvalue weighted by atomic mass is 127. The molecule has 7 heteroatoms. The molecule has 0 saturated carbocycles. The Balaban J connectivity index is 3.88. The van der Waals surface area contributed by atoms with Crippen LogP contribution < -0.4 is 4.72 Å². The third-order valence-electron chi connectivity index (χ3n) is 1.17. The van der Waals surface area contributed by atoms with Crippen LogP contribution in [0, 0.1) is 0 Å². The zero-order valence-corrected chi connectivity index (χ0v) is 10.2. The summed E-state index contributed by atoms with van der Waals surface area (Å²) in [7, 11) is -2.34. The molecular weight excluding hydrogens is 309 g/mol.